The third-order valence-electron chi connectivity index (χ3n) is 6.18. The van der Waals surface area contributed by atoms with Gasteiger partial charge in [0.25, 0.3) is 0 Å². The Morgan fingerprint density at radius 2 is 1.38 bits per heavy atom. The van der Waals surface area contributed by atoms with Crippen molar-refractivity contribution in [1.82, 2.24) is 5.01 Å². The van der Waals surface area contributed by atoms with Crippen LogP contribution in [-0.4, -0.2) is 10.7 Å². The third-order valence-corrected chi connectivity index (χ3v) is 6.71. The molecule has 0 aliphatic carbocycles. The molecule has 0 amide bonds. The highest BCUT2D eigenvalue weighted by molar-refractivity contribution is 9.10. The summed E-state index contributed by atoms with van der Waals surface area (Å²) in [7, 11) is 0. The molecule has 0 aromatic heterocycles. The van der Waals surface area contributed by atoms with Gasteiger partial charge in [-0.15, -0.1) is 0 Å². The fraction of sp³-hybridized carbons (Fsp3) is 0.107. The molecule has 0 N–H and O–H groups in total. The van der Waals surface area contributed by atoms with Crippen LogP contribution >= 0.6 is 15.9 Å². The average Bonchev–Trinajstić information content (AvgIpc) is 3.31. The normalized spacial score (nSPS) is 19.0. The first kappa shape index (κ1) is 19.3. The number of rotatable bonds is 3. The number of ether oxygens (including phenoxy) is 1. The Hall–Kier alpha value is -3.37. The van der Waals surface area contributed by atoms with Crippen LogP contribution in [0.2, 0.25) is 0 Å². The monoisotopic (exact) mass is 480 g/mol. The van der Waals surface area contributed by atoms with Gasteiger partial charge in [-0.25, -0.2) is 5.01 Å². The second-order valence-electron chi connectivity index (χ2n) is 8.15. The van der Waals surface area contributed by atoms with Gasteiger partial charge in [-0.2, -0.15) is 5.10 Å². The Balaban J connectivity index is 1.36. The minimum absolute atomic E-state index is 0.164. The number of hydrogen-bond donors (Lipinski definition) is 0. The number of hydrogen-bond acceptors (Lipinski definition) is 3. The maximum absolute atomic E-state index is 6.44. The minimum Gasteiger partial charge on any atom is -0.464 e. The van der Waals surface area contributed by atoms with Gasteiger partial charge in [0, 0.05) is 22.0 Å². The summed E-state index contributed by atoms with van der Waals surface area (Å²) >= 11 is 3.53. The van der Waals surface area contributed by atoms with Crippen LogP contribution in [0.25, 0.3) is 11.1 Å². The first-order valence-electron chi connectivity index (χ1n) is 10.8. The van der Waals surface area contributed by atoms with Crippen molar-refractivity contribution in [2.24, 2.45) is 5.10 Å². The summed E-state index contributed by atoms with van der Waals surface area (Å²) in [5.74, 6) is 0.942. The second kappa shape index (κ2) is 7.95. The molecule has 0 spiro atoms. The van der Waals surface area contributed by atoms with Crippen LogP contribution < -0.4 is 4.74 Å². The second-order valence-corrected chi connectivity index (χ2v) is 9.07. The predicted molar refractivity (Wildman–Crippen MR) is 132 cm³/mol. The van der Waals surface area contributed by atoms with E-state index in [9.17, 15) is 0 Å². The first-order chi connectivity index (χ1) is 15.8. The summed E-state index contributed by atoms with van der Waals surface area (Å²) in [6.45, 7) is 0. The molecular formula is C28H21BrN2O. The van der Waals surface area contributed by atoms with E-state index >= 15 is 0 Å². The number of fused-ring (bicyclic) bond motifs is 3. The maximum Gasteiger partial charge on any atom is 0.213 e. The molecule has 0 bridgehead atoms. The molecule has 3 nitrogen and oxygen atoms in total. The van der Waals surface area contributed by atoms with Crippen molar-refractivity contribution >= 4 is 21.6 Å². The Morgan fingerprint density at radius 3 is 2.16 bits per heavy atom. The largest absolute Gasteiger partial charge is 0.464 e. The fourth-order valence-electron chi connectivity index (χ4n) is 4.54. The van der Waals surface area contributed by atoms with Gasteiger partial charge in [0.2, 0.25) is 6.23 Å². The number of hydrazone groups is 1. The fourth-order valence-corrected chi connectivity index (χ4v) is 4.81. The van der Waals surface area contributed by atoms with Crippen LogP contribution in [-0.2, 0) is 0 Å². The smallest absolute Gasteiger partial charge is 0.213 e. The molecule has 0 radical (unpaired) electrons. The summed E-state index contributed by atoms with van der Waals surface area (Å²) in [4.78, 5) is 0. The van der Waals surface area contributed by atoms with Crippen molar-refractivity contribution in [3.8, 4) is 16.9 Å². The number of benzene rings is 4. The molecule has 4 heteroatoms. The first-order valence-corrected chi connectivity index (χ1v) is 11.6. The Morgan fingerprint density at radius 1 is 0.719 bits per heavy atom. The van der Waals surface area contributed by atoms with Crippen molar-refractivity contribution < 1.29 is 4.74 Å². The minimum atomic E-state index is -0.246. The average molecular weight is 481 g/mol. The van der Waals surface area contributed by atoms with Crippen molar-refractivity contribution in [2.45, 2.75) is 18.7 Å². The van der Waals surface area contributed by atoms with Crippen molar-refractivity contribution in [1.29, 1.82) is 0 Å². The maximum atomic E-state index is 6.44. The van der Waals surface area contributed by atoms with Gasteiger partial charge in [-0.1, -0.05) is 101 Å². The SMILES string of the molecule is Brc1ccc([C@H]2Oc3ccccc3[C@@H]3CC(c4ccc(-c5ccccc5)cc4)=NN23)cc1. The standard InChI is InChI=1S/C28H21BrN2O/c29-23-16-14-22(15-17-23)28-31-26(24-8-4-5-9-27(24)32-28)18-25(30-31)21-12-10-20(11-13-21)19-6-2-1-3-7-19/h1-17,26,28H,18H2/t26-,28+/m0/s1. The van der Waals surface area contributed by atoms with E-state index in [0.717, 1.165) is 33.5 Å². The molecule has 2 aliphatic heterocycles. The lowest BCUT2D eigenvalue weighted by Crippen LogP contribution is -2.33. The van der Waals surface area contributed by atoms with E-state index in [1.54, 1.807) is 0 Å². The number of nitrogens with zero attached hydrogens (tertiary/aromatic N) is 2. The van der Waals surface area contributed by atoms with Gasteiger partial charge < -0.3 is 4.74 Å². The van der Waals surface area contributed by atoms with E-state index in [-0.39, 0.29) is 12.3 Å². The zero-order chi connectivity index (χ0) is 21.5. The molecule has 6 rings (SSSR count). The van der Waals surface area contributed by atoms with Crippen LogP contribution in [0.3, 0.4) is 0 Å². The van der Waals surface area contributed by atoms with E-state index < -0.39 is 0 Å². The van der Waals surface area contributed by atoms with Gasteiger partial charge in [0.05, 0.1) is 11.8 Å². The van der Waals surface area contributed by atoms with Crippen LogP contribution in [0.1, 0.15) is 35.4 Å². The topological polar surface area (TPSA) is 24.8 Å². The molecule has 0 saturated heterocycles. The van der Waals surface area contributed by atoms with Crippen LogP contribution in [0.5, 0.6) is 5.75 Å². The van der Waals surface area contributed by atoms with Gasteiger partial charge in [-0.3, -0.25) is 0 Å². The molecule has 2 atom stereocenters. The molecule has 2 heterocycles. The van der Waals surface area contributed by atoms with Crippen LogP contribution in [0, 0.1) is 0 Å². The van der Waals surface area contributed by atoms with E-state index in [0.29, 0.717) is 0 Å². The zero-order valence-corrected chi connectivity index (χ0v) is 18.9. The molecular weight excluding hydrogens is 460 g/mol. The van der Waals surface area contributed by atoms with Crippen molar-refractivity contribution in [3.63, 3.8) is 0 Å². The predicted octanol–water partition coefficient (Wildman–Crippen LogP) is 7.36. The van der Waals surface area contributed by atoms with Crippen molar-refractivity contribution in [3.05, 3.63) is 124 Å². The molecule has 4 aromatic rings. The molecule has 0 saturated carbocycles. The number of para-hydroxylation sites is 1. The van der Waals surface area contributed by atoms with Gasteiger partial charge >= 0.3 is 0 Å². The van der Waals surface area contributed by atoms with E-state index in [2.05, 4.69) is 112 Å². The lowest BCUT2D eigenvalue weighted by Gasteiger charge is -2.38. The van der Waals surface area contributed by atoms with Gasteiger partial charge in [-0.05, 0) is 34.9 Å². The highest BCUT2D eigenvalue weighted by Crippen LogP contribution is 2.47. The summed E-state index contributed by atoms with van der Waals surface area (Å²) < 4.78 is 7.49. The molecule has 32 heavy (non-hydrogen) atoms. The van der Waals surface area contributed by atoms with Crippen LogP contribution in [0.15, 0.2) is 113 Å². The van der Waals surface area contributed by atoms with E-state index in [4.69, 9.17) is 9.84 Å². The van der Waals surface area contributed by atoms with E-state index in [1.807, 2.05) is 12.1 Å². The summed E-state index contributed by atoms with van der Waals surface area (Å²) in [5.41, 5.74) is 6.98. The van der Waals surface area contributed by atoms with E-state index in [1.165, 1.54) is 16.7 Å². The van der Waals surface area contributed by atoms with Gasteiger partial charge in [0.1, 0.15) is 5.75 Å². The molecule has 4 aromatic carbocycles. The quantitative estimate of drug-likeness (QED) is 0.306. The lowest BCUT2D eigenvalue weighted by atomic mass is 9.95. The molecule has 0 fully saturated rings. The Bertz CT molecular complexity index is 1280. The highest BCUT2D eigenvalue weighted by Gasteiger charge is 2.40. The molecule has 2 aliphatic rings. The Kier molecular flexibility index (Phi) is 4.80. The number of halogens is 1. The molecule has 0 unspecified atom stereocenters. The Labute approximate surface area is 196 Å². The van der Waals surface area contributed by atoms with Crippen molar-refractivity contribution in [2.75, 3.05) is 0 Å². The summed E-state index contributed by atoms with van der Waals surface area (Å²) in [5, 5.41) is 7.21. The van der Waals surface area contributed by atoms with Crippen LogP contribution in [0.4, 0.5) is 0 Å². The molecule has 156 valence electrons. The summed E-state index contributed by atoms with van der Waals surface area (Å²) in [6, 6.07) is 36.0. The third kappa shape index (κ3) is 3.41. The lowest BCUT2D eigenvalue weighted by molar-refractivity contribution is -0.0190. The summed E-state index contributed by atoms with van der Waals surface area (Å²) in [6.07, 6.45) is 0.613. The van der Waals surface area contributed by atoms with Gasteiger partial charge in [0.15, 0.2) is 0 Å². The highest BCUT2D eigenvalue weighted by atomic mass is 79.9. The zero-order valence-electron chi connectivity index (χ0n) is 17.4.